The van der Waals surface area contributed by atoms with Gasteiger partial charge in [0.25, 0.3) is 0 Å². The zero-order valence-corrected chi connectivity index (χ0v) is 15.5. The molecule has 6 heteroatoms. The first-order valence-electron chi connectivity index (χ1n) is 8.83. The summed E-state index contributed by atoms with van der Waals surface area (Å²) in [4.78, 5) is 13.8. The molecule has 1 N–H and O–H groups in total. The highest BCUT2D eigenvalue weighted by Gasteiger charge is 2.17. The minimum atomic E-state index is 0.121. The summed E-state index contributed by atoms with van der Waals surface area (Å²) >= 11 is 0. The number of hydrogen-bond donors (Lipinski definition) is 1. The molecule has 1 saturated heterocycles. The van der Waals surface area contributed by atoms with Crippen molar-refractivity contribution in [3.05, 3.63) is 36.2 Å². The summed E-state index contributed by atoms with van der Waals surface area (Å²) in [6.45, 7) is 10.1. The topological polar surface area (TPSA) is 53.5 Å². The van der Waals surface area contributed by atoms with Gasteiger partial charge in [-0.25, -0.2) is 9.97 Å². The van der Waals surface area contributed by atoms with Crippen molar-refractivity contribution in [2.75, 3.05) is 43.4 Å². The van der Waals surface area contributed by atoms with Gasteiger partial charge in [-0.15, -0.1) is 0 Å². The van der Waals surface area contributed by atoms with Crippen LogP contribution in [-0.4, -0.2) is 54.2 Å². The summed E-state index contributed by atoms with van der Waals surface area (Å²) in [5.41, 5.74) is 0.915. The Morgan fingerprint density at radius 1 is 1.08 bits per heavy atom. The summed E-state index contributed by atoms with van der Waals surface area (Å²) in [5.74, 6) is 3.36. The predicted molar refractivity (Wildman–Crippen MR) is 102 cm³/mol. The summed E-state index contributed by atoms with van der Waals surface area (Å²) in [6, 6.07) is 9.96. The van der Waals surface area contributed by atoms with Gasteiger partial charge in [0.1, 0.15) is 23.2 Å². The van der Waals surface area contributed by atoms with Crippen LogP contribution in [-0.2, 0) is 0 Å². The Labute approximate surface area is 149 Å². The predicted octanol–water partition coefficient (Wildman–Crippen LogP) is 3.07. The Morgan fingerprint density at radius 3 is 2.52 bits per heavy atom. The number of likely N-dealkylation sites (N-methyl/N-ethyl adjacent to an activating group) is 1. The molecule has 1 aliphatic heterocycles. The lowest BCUT2D eigenvalue weighted by Gasteiger charge is -2.33. The van der Waals surface area contributed by atoms with Gasteiger partial charge in [0, 0.05) is 32.2 Å². The van der Waals surface area contributed by atoms with E-state index in [0.29, 0.717) is 0 Å². The molecule has 2 heterocycles. The van der Waals surface area contributed by atoms with E-state index >= 15 is 0 Å². The molecule has 6 nitrogen and oxygen atoms in total. The van der Waals surface area contributed by atoms with Crippen molar-refractivity contribution in [1.82, 2.24) is 14.9 Å². The first kappa shape index (κ1) is 17.5. The minimum Gasteiger partial charge on any atom is -0.489 e. The van der Waals surface area contributed by atoms with E-state index in [-0.39, 0.29) is 6.10 Å². The molecule has 2 aromatic rings. The highest BCUT2D eigenvalue weighted by atomic mass is 16.5. The van der Waals surface area contributed by atoms with Gasteiger partial charge in [-0.3, -0.25) is 0 Å². The number of para-hydroxylation sites is 2. The Morgan fingerprint density at radius 2 is 1.80 bits per heavy atom. The van der Waals surface area contributed by atoms with E-state index in [1.165, 1.54) is 0 Å². The highest BCUT2D eigenvalue weighted by molar-refractivity contribution is 5.65. The third-order valence-electron chi connectivity index (χ3n) is 4.16. The maximum absolute atomic E-state index is 5.88. The molecule has 1 fully saturated rings. The summed E-state index contributed by atoms with van der Waals surface area (Å²) in [6.07, 6.45) is 0.121. The number of hydrogen-bond acceptors (Lipinski definition) is 6. The van der Waals surface area contributed by atoms with Crippen LogP contribution < -0.4 is 15.0 Å². The van der Waals surface area contributed by atoms with Crippen LogP contribution in [0.3, 0.4) is 0 Å². The van der Waals surface area contributed by atoms with Crippen LogP contribution in [0.5, 0.6) is 5.75 Å². The molecule has 1 aromatic carbocycles. The van der Waals surface area contributed by atoms with E-state index in [4.69, 9.17) is 4.74 Å². The number of piperazine rings is 1. The maximum Gasteiger partial charge on any atom is 0.143 e. The average molecular weight is 341 g/mol. The summed E-state index contributed by atoms with van der Waals surface area (Å²) in [7, 11) is 2.15. The fourth-order valence-electron chi connectivity index (χ4n) is 2.88. The molecule has 0 saturated carbocycles. The number of ether oxygens (including phenoxy) is 1. The first-order valence-corrected chi connectivity index (χ1v) is 8.83. The maximum atomic E-state index is 5.88. The van der Waals surface area contributed by atoms with Crippen molar-refractivity contribution in [3.63, 3.8) is 0 Å². The van der Waals surface area contributed by atoms with Gasteiger partial charge >= 0.3 is 0 Å². The van der Waals surface area contributed by atoms with Crippen molar-refractivity contribution in [2.45, 2.75) is 26.9 Å². The standard InChI is InChI=1S/C19H27N5O/c1-14(2)25-17-8-6-5-7-16(17)22-18-13-19(21-15(3)20-18)24-11-9-23(4)10-12-24/h5-8,13-14H,9-12H2,1-4H3,(H,20,21,22). The van der Waals surface area contributed by atoms with E-state index in [9.17, 15) is 0 Å². The Kier molecular flexibility index (Phi) is 5.38. The van der Waals surface area contributed by atoms with Crippen molar-refractivity contribution >= 4 is 17.3 Å². The zero-order valence-electron chi connectivity index (χ0n) is 15.5. The number of rotatable bonds is 5. The zero-order chi connectivity index (χ0) is 17.8. The smallest absolute Gasteiger partial charge is 0.143 e. The molecule has 0 bridgehead atoms. The fourth-order valence-corrected chi connectivity index (χ4v) is 2.88. The Bertz CT molecular complexity index is 711. The van der Waals surface area contributed by atoms with Crippen molar-refractivity contribution < 1.29 is 4.74 Å². The number of nitrogens with zero attached hydrogens (tertiary/aromatic N) is 4. The lowest BCUT2D eigenvalue weighted by atomic mass is 10.2. The number of nitrogens with one attached hydrogen (secondary N) is 1. The van der Waals surface area contributed by atoms with Gasteiger partial charge in [-0.1, -0.05) is 12.1 Å². The SMILES string of the molecule is Cc1nc(Nc2ccccc2OC(C)C)cc(N2CCN(C)CC2)n1. The van der Waals surface area contributed by atoms with Crippen LogP contribution >= 0.6 is 0 Å². The quantitative estimate of drug-likeness (QED) is 0.902. The number of aromatic nitrogens is 2. The van der Waals surface area contributed by atoms with Crippen LogP contribution in [0, 0.1) is 6.92 Å². The van der Waals surface area contributed by atoms with E-state index in [2.05, 4.69) is 32.1 Å². The Balaban J connectivity index is 1.82. The van der Waals surface area contributed by atoms with Crippen LogP contribution in [0.1, 0.15) is 19.7 Å². The monoisotopic (exact) mass is 341 g/mol. The second-order valence-corrected chi connectivity index (χ2v) is 6.74. The van der Waals surface area contributed by atoms with Crippen LogP contribution in [0.25, 0.3) is 0 Å². The van der Waals surface area contributed by atoms with Gasteiger partial charge < -0.3 is 19.9 Å². The fraction of sp³-hybridized carbons (Fsp3) is 0.474. The molecule has 1 aliphatic rings. The van der Waals surface area contributed by atoms with Crippen molar-refractivity contribution in [1.29, 1.82) is 0 Å². The van der Waals surface area contributed by atoms with E-state index < -0.39 is 0 Å². The van der Waals surface area contributed by atoms with Crippen LogP contribution in [0.15, 0.2) is 30.3 Å². The van der Waals surface area contributed by atoms with Gasteiger partial charge in [-0.05, 0) is 40.0 Å². The third kappa shape index (κ3) is 4.60. The van der Waals surface area contributed by atoms with Gasteiger partial charge in [0.05, 0.1) is 11.8 Å². The molecule has 134 valence electrons. The van der Waals surface area contributed by atoms with E-state index in [1.807, 2.05) is 51.1 Å². The normalized spacial score (nSPS) is 15.5. The van der Waals surface area contributed by atoms with E-state index in [0.717, 1.165) is 55.1 Å². The Hall–Kier alpha value is -2.34. The van der Waals surface area contributed by atoms with Gasteiger partial charge in [0.15, 0.2) is 0 Å². The molecular formula is C19H27N5O. The number of aryl methyl sites for hydroxylation is 1. The molecule has 3 rings (SSSR count). The molecule has 1 aromatic heterocycles. The lowest BCUT2D eigenvalue weighted by molar-refractivity contribution is 0.244. The molecule has 0 aliphatic carbocycles. The largest absolute Gasteiger partial charge is 0.489 e. The van der Waals surface area contributed by atoms with Gasteiger partial charge in [-0.2, -0.15) is 0 Å². The molecule has 0 amide bonds. The molecule has 0 atom stereocenters. The minimum absolute atomic E-state index is 0.121. The van der Waals surface area contributed by atoms with Crippen LogP contribution in [0.2, 0.25) is 0 Å². The van der Waals surface area contributed by atoms with E-state index in [1.54, 1.807) is 0 Å². The number of anilines is 3. The second kappa shape index (κ2) is 7.70. The highest BCUT2D eigenvalue weighted by Crippen LogP contribution is 2.28. The summed E-state index contributed by atoms with van der Waals surface area (Å²) in [5, 5.41) is 3.39. The molecular weight excluding hydrogens is 314 g/mol. The second-order valence-electron chi connectivity index (χ2n) is 6.74. The first-order chi connectivity index (χ1) is 12.0. The summed E-state index contributed by atoms with van der Waals surface area (Å²) < 4.78 is 5.88. The van der Waals surface area contributed by atoms with Crippen molar-refractivity contribution in [3.8, 4) is 5.75 Å². The van der Waals surface area contributed by atoms with Crippen molar-refractivity contribution in [2.24, 2.45) is 0 Å². The van der Waals surface area contributed by atoms with Crippen LogP contribution in [0.4, 0.5) is 17.3 Å². The van der Waals surface area contributed by atoms with Gasteiger partial charge in [0.2, 0.25) is 0 Å². The average Bonchev–Trinajstić information content (AvgIpc) is 2.56. The number of benzene rings is 1. The molecule has 0 radical (unpaired) electrons. The third-order valence-corrected chi connectivity index (χ3v) is 4.16. The lowest BCUT2D eigenvalue weighted by Crippen LogP contribution is -2.44. The molecule has 25 heavy (non-hydrogen) atoms. The molecule has 0 unspecified atom stereocenters. The molecule has 0 spiro atoms.